The molecular weight excluding hydrogens is 369 g/mol. The van der Waals surface area contributed by atoms with Crippen molar-refractivity contribution >= 4 is 50.5 Å². The van der Waals surface area contributed by atoms with E-state index in [0.717, 1.165) is 0 Å². The molecule has 2 aromatic rings. The van der Waals surface area contributed by atoms with Gasteiger partial charge in [-0.3, -0.25) is 4.72 Å². The van der Waals surface area contributed by atoms with E-state index >= 15 is 0 Å². The Hall–Kier alpha value is -1.14. The zero-order valence-corrected chi connectivity index (χ0v) is 14.5. The van der Waals surface area contributed by atoms with Gasteiger partial charge in [0.05, 0.1) is 22.2 Å². The minimum atomic E-state index is -3.81. The monoisotopic (exact) mass is 379 g/mol. The van der Waals surface area contributed by atoms with Crippen LogP contribution in [0.1, 0.15) is 6.92 Å². The second-order valence-corrected chi connectivity index (χ2v) is 7.25. The Balaban J connectivity index is 2.32. The highest BCUT2D eigenvalue weighted by Gasteiger charge is 2.17. The number of sulfonamides is 1. The second-order valence-electron chi connectivity index (χ2n) is 4.29. The van der Waals surface area contributed by atoms with Crippen molar-refractivity contribution in [3.05, 3.63) is 51.5 Å². The summed E-state index contributed by atoms with van der Waals surface area (Å²) in [5.74, 6) is 0.425. The first-order valence-electron chi connectivity index (χ1n) is 6.23. The number of anilines is 1. The minimum Gasteiger partial charge on any atom is -0.492 e. The summed E-state index contributed by atoms with van der Waals surface area (Å²) in [6, 6.07) is 8.66. The van der Waals surface area contributed by atoms with Gasteiger partial charge in [-0.1, -0.05) is 34.8 Å². The van der Waals surface area contributed by atoms with E-state index in [2.05, 4.69) is 4.72 Å². The van der Waals surface area contributed by atoms with Crippen LogP contribution in [0.15, 0.2) is 41.3 Å². The van der Waals surface area contributed by atoms with Gasteiger partial charge in [0.25, 0.3) is 10.0 Å². The fourth-order valence-electron chi connectivity index (χ4n) is 1.75. The van der Waals surface area contributed by atoms with Gasteiger partial charge in [-0.05, 0) is 43.3 Å². The van der Waals surface area contributed by atoms with Crippen LogP contribution in [-0.2, 0) is 10.0 Å². The van der Waals surface area contributed by atoms with Crippen LogP contribution in [0.25, 0.3) is 0 Å². The zero-order valence-electron chi connectivity index (χ0n) is 11.4. The summed E-state index contributed by atoms with van der Waals surface area (Å²) in [4.78, 5) is 0.0112. The highest BCUT2D eigenvalue weighted by molar-refractivity contribution is 7.92. The third-order valence-corrected chi connectivity index (χ3v) is 4.74. The molecule has 0 spiro atoms. The van der Waals surface area contributed by atoms with Crippen LogP contribution in [0.4, 0.5) is 5.69 Å². The molecule has 0 saturated heterocycles. The maximum absolute atomic E-state index is 12.3. The van der Waals surface area contributed by atoms with Crippen LogP contribution >= 0.6 is 34.8 Å². The molecule has 22 heavy (non-hydrogen) atoms. The maximum atomic E-state index is 12.3. The Morgan fingerprint density at radius 3 is 2.23 bits per heavy atom. The van der Waals surface area contributed by atoms with Crippen LogP contribution in [-0.4, -0.2) is 15.0 Å². The molecule has 0 fully saturated rings. The van der Waals surface area contributed by atoms with Crippen molar-refractivity contribution < 1.29 is 13.2 Å². The Morgan fingerprint density at radius 1 is 1.05 bits per heavy atom. The molecule has 0 unspecified atom stereocenters. The Bertz CT molecular complexity index is 774. The van der Waals surface area contributed by atoms with E-state index in [-0.39, 0.29) is 15.6 Å². The summed E-state index contributed by atoms with van der Waals surface area (Å²) in [5.41, 5.74) is 0.266. The summed E-state index contributed by atoms with van der Waals surface area (Å²) < 4.78 is 32.4. The van der Waals surface area contributed by atoms with Crippen molar-refractivity contribution in [1.82, 2.24) is 0 Å². The molecular formula is C14H12Cl3NO3S. The number of benzene rings is 2. The Morgan fingerprint density at radius 2 is 1.68 bits per heavy atom. The van der Waals surface area contributed by atoms with Crippen LogP contribution < -0.4 is 9.46 Å². The van der Waals surface area contributed by atoms with Gasteiger partial charge in [-0.2, -0.15) is 0 Å². The number of ether oxygens (including phenoxy) is 1. The van der Waals surface area contributed by atoms with Crippen molar-refractivity contribution in [2.24, 2.45) is 0 Å². The predicted octanol–water partition coefficient (Wildman–Crippen LogP) is 4.85. The normalized spacial score (nSPS) is 11.3. The second kappa shape index (κ2) is 6.96. The third kappa shape index (κ3) is 4.20. The van der Waals surface area contributed by atoms with Crippen molar-refractivity contribution in [2.45, 2.75) is 11.8 Å². The van der Waals surface area contributed by atoms with E-state index in [1.165, 1.54) is 36.4 Å². The molecule has 4 nitrogen and oxygen atoms in total. The van der Waals surface area contributed by atoms with Crippen LogP contribution in [0.3, 0.4) is 0 Å². The summed E-state index contributed by atoms with van der Waals surface area (Å²) in [6.07, 6.45) is 0. The molecule has 0 saturated carbocycles. The molecule has 2 aromatic carbocycles. The van der Waals surface area contributed by atoms with Crippen LogP contribution in [0.5, 0.6) is 5.75 Å². The van der Waals surface area contributed by atoms with Gasteiger partial charge in [0.15, 0.2) is 0 Å². The first-order valence-corrected chi connectivity index (χ1v) is 8.85. The molecule has 0 aliphatic rings. The number of nitrogens with one attached hydrogen (secondary N) is 1. The van der Waals surface area contributed by atoms with Gasteiger partial charge >= 0.3 is 0 Å². The summed E-state index contributed by atoms with van der Waals surface area (Å²) in [6.45, 7) is 2.25. The van der Waals surface area contributed by atoms with Crippen molar-refractivity contribution in [2.75, 3.05) is 11.3 Å². The molecule has 0 aromatic heterocycles. The highest BCUT2D eigenvalue weighted by atomic mass is 35.5. The maximum Gasteiger partial charge on any atom is 0.261 e. The molecule has 0 amide bonds. The highest BCUT2D eigenvalue weighted by Crippen LogP contribution is 2.29. The molecule has 0 heterocycles. The molecule has 0 bridgehead atoms. The molecule has 2 rings (SSSR count). The minimum absolute atomic E-state index is 0.0112. The SMILES string of the molecule is CCOc1ccc(S(=O)(=O)Nc2cc(Cl)cc(Cl)c2)cc1Cl. The van der Waals surface area contributed by atoms with E-state index in [4.69, 9.17) is 39.5 Å². The van der Waals surface area contributed by atoms with E-state index in [9.17, 15) is 8.42 Å². The average molecular weight is 381 g/mol. The fourth-order valence-corrected chi connectivity index (χ4v) is 3.64. The zero-order chi connectivity index (χ0) is 16.3. The lowest BCUT2D eigenvalue weighted by Crippen LogP contribution is -2.13. The summed E-state index contributed by atoms with van der Waals surface area (Å²) in [5, 5.41) is 0.874. The van der Waals surface area contributed by atoms with Gasteiger partial charge in [0.1, 0.15) is 5.75 Å². The van der Waals surface area contributed by atoms with E-state index in [1.807, 2.05) is 6.92 Å². The Kier molecular flexibility index (Phi) is 5.45. The third-order valence-electron chi connectivity index (χ3n) is 2.63. The topological polar surface area (TPSA) is 55.4 Å². The van der Waals surface area contributed by atoms with E-state index < -0.39 is 10.0 Å². The van der Waals surface area contributed by atoms with Gasteiger partial charge in [-0.25, -0.2) is 8.42 Å². The Labute approximate surface area is 144 Å². The largest absolute Gasteiger partial charge is 0.492 e. The van der Waals surface area contributed by atoms with Crippen molar-refractivity contribution in [3.8, 4) is 5.75 Å². The van der Waals surface area contributed by atoms with Gasteiger partial charge < -0.3 is 4.74 Å². The summed E-state index contributed by atoms with van der Waals surface area (Å²) in [7, 11) is -3.81. The fraction of sp³-hybridized carbons (Fsp3) is 0.143. The first kappa shape index (κ1) is 17.2. The molecule has 0 radical (unpaired) electrons. The lowest BCUT2D eigenvalue weighted by molar-refractivity contribution is 0.340. The van der Waals surface area contributed by atoms with E-state index in [1.54, 1.807) is 0 Å². The standard InChI is InChI=1S/C14H12Cl3NO3S/c1-2-21-14-4-3-12(8-13(14)17)22(19,20)18-11-6-9(15)5-10(16)7-11/h3-8,18H,2H2,1H3. The van der Waals surface area contributed by atoms with Gasteiger partial charge in [-0.15, -0.1) is 0 Å². The lowest BCUT2D eigenvalue weighted by Gasteiger charge is -2.11. The number of halogens is 3. The smallest absolute Gasteiger partial charge is 0.261 e. The molecule has 118 valence electrons. The predicted molar refractivity (Wildman–Crippen MR) is 89.9 cm³/mol. The van der Waals surface area contributed by atoms with Gasteiger partial charge in [0.2, 0.25) is 0 Å². The average Bonchev–Trinajstić information content (AvgIpc) is 2.39. The molecule has 0 atom stereocenters. The number of rotatable bonds is 5. The quantitative estimate of drug-likeness (QED) is 0.807. The summed E-state index contributed by atoms with van der Waals surface area (Å²) >= 11 is 17.7. The van der Waals surface area contributed by atoms with Crippen molar-refractivity contribution in [1.29, 1.82) is 0 Å². The molecule has 0 aliphatic heterocycles. The van der Waals surface area contributed by atoms with Gasteiger partial charge in [0, 0.05) is 10.0 Å². The molecule has 8 heteroatoms. The number of hydrogen-bond donors (Lipinski definition) is 1. The molecule has 0 aliphatic carbocycles. The van der Waals surface area contributed by atoms with Crippen LogP contribution in [0.2, 0.25) is 15.1 Å². The molecule has 1 N–H and O–H groups in total. The van der Waals surface area contributed by atoms with E-state index in [0.29, 0.717) is 22.4 Å². The van der Waals surface area contributed by atoms with Crippen LogP contribution in [0, 0.1) is 0 Å². The number of hydrogen-bond acceptors (Lipinski definition) is 3. The van der Waals surface area contributed by atoms with Crippen molar-refractivity contribution in [3.63, 3.8) is 0 Å². The first-order chi connectivity index (χ1) is 10.3. The lowest BCUT2D eigenvalue weighted by atomic mass is 10.3.